The number of nitrogens with zero attached hydrogens (tertiary/aromatic N) is 3. The maximum Gasteiger partial charge on any atom is 0.160 e. The van der Waals surface area contributed by atoms with Crippen LogP contribution in [0.5, 0.6) is 0 Å². The molecular weight excluding hydrogens is 558 g/mol. The Morgan fingerprint density at radius 1 is 0.500 bits per heavy atom. The highest BCUT2D eigenvalue weighted by atomic mass is 14.9. The van der Waals surface area contributed by atoms with Crippen LogP contribution in [0.4, 0.5) is 0 Å². The molecule has 218 valence electrons. The lowest BCUT2D eigenvalue weighted by Gasteiger charge is -2.20. The van der Waals surface area contributed by atoms with Crippen molar-refractivity contribution in [2.45, 2.75) is 25.7 Å². The van der Waals surface area contributed by atoms with Crippen molar-refractivity contribution in [3.8, 4) is 45.2 Å². The molecule has 3 heteroatoms. The lowest BCUT2D eigenvalue weighted by atomic mass is 9.86. The molecule has 0 saturated carbocycles. The SMILES string of the molecule is C1=Cc2c(cc(-c3cc(-c4cc5ccccc5c5c4CCC=C5)nc(-c4ccc(-c5ccccn5)cc4)n3)c3ccccc23)CC1. The highest BCUT2D eigenvalue weighted by Gasteiger charge is 2.20. The molecule has 2 aliphatic carbocycles. The summed E-state index contributed by atoms with van der Waals surface area (Å²) in [6, 6.07) is 38.9. The summed E-state index contributed by atoms with van der Waals surface area (Å²) in [5.41, 5.74) is 12.7. The second-order valence-electron chi connectivity index (χ2n) is 12.2. The van der Waals surface area contributed by atoms with E-state index in [0.29, 0.717) is 0 Å². The van der Waals surface area contributed by atoms with Crippen molar-refractivity contribution in [1.29, 1.82) is 0 Å². The number of rotatable bonds is 4. The zero-order valence-electron chi connectivity index (χ0n) is 25.4. The van der Waals surface area contributed by atoms with Crippen LogP contribution in [-0.4, -0.2) is 15.0 Å². The van der Waals surface area contributed by atoms with E-state index in [9.17, 15) is 0 Å². The maximum absolute atomic E-state index is 5.32. The summed E-state index contributed by atoms with van der Waals surface area (Å²) >= 11 is 0. The van der Waals surface area contributed by atoms with Gasteiger partial charge in [-0.2, -0.15) is 0 Å². The molecule has 0 atom stereocenters. The van der Waals surface area contributed by atoms with E-state index in [1.165, 1.54) is 49.4 Å². The molecule has 0 unspecified atom stereocenters. The van der Waals surface area contributed by atoms with Crippen LogP contribution in [-0.2, 0) is 12.8 Å². The Bertz CT molecular complexity index is 2350. The number of allylic oxidation sites excluding steroid dienone is 2. The van der Waals surface area contributed by atoms with E-state index in [1.54, 1.807) is 0 Å². The first kappa shape index (κ1) is 26.7. The molecule has 3 nitrogen and oxygen atoms in total. The molecule has 2 aromatic heterocycles. The average molecular weight is 590 g/mol. The van der Waals surface area contributed by atoms with Gasteiger partial charge in [-0.25, -0.2) is 9.97 Å². The molecular formula is C43H31N3. The van der Waals surface area contributed by atoms with E-state index in [0.717, 1.165) is 65.3 Å². The summed E-state index contributed by atoms with van der Waals surface area (Å²) in [4.78, 5) is 15.2. The molecule has 0 N–H and O–H groups in total. The van der Waals surface area contributed by atoms with Gasteiger partial charge in [-0.3, -0.25) is 4.98 Å². The number of hydrogen-bond donors (Lipinski definition) is 0. The van der Waals surface area contributed by atoms with Gasteiger partial charge in [-0.1, -0.05) is 103 Å². The standard InChI is InChI=1S/C43H31N3/c1-3-13-32-30(11-1)25-38(36-17-7-5-15-34(32)36)41-27-42(39-26-31-12-2-4-14-33(31)35-16-6-8-18-37(35)39)46-43(45-41)29-22-20-28(21-23-29)40-19-9-10-24-44-40/h1,3-6,8-11,13-16,18-27H,2,7,12,17H2. The van der Waals surface area contributed by atoms with Crippen molar-refractivity contribution < 1.29 is 0 Å². The lowest BCUT2D eigenvalue weighted by Crippen LogP contribution is -2.03. The van der Waals surface area contributed by atoms with Crippen molar-refractivity contribution in [3.63, 3.8) is 0 Å². The molecule has 9 rings (SSSR count). The van der Waals surface area contributed by atoms with Gasteiger partial charge in [0, 0.05) is 28.5 Å². The number of fused-ring (bicyclic) bond motifs is 6. The van der Waals surface area contributed by atoms with Crippen LogP contribution >= 0.6 is 0 Å². The molecule has 2 heterocycles. The summed E-state index contributed by atoms with van der Waals surface area (Å²) in [6.07, 6.45) is 15.1. The van der Waals surface area contributed by atoms with Crippen LogP contribution in [0.25, 0.3) is 78.9 Å². The largest absolute Gasteiger partial charge is 0.256 e. The third-order valence-electron chi connectivity index (χ3n) is 9.47. The summed E-state index contributed by atoms with van der Waals surface area (Å²) < 4.78 is 0. The Labute approximate surface area is 268 Å². The Hall–Kier alpha value is -5.67. The van der Waals surface area contributed by atoms with Crippen LogP contribution < -0.4 is 0 Å². The monoisotopic (exact) mass is 589 g/mol. The molecule has 7 aromatic rings. The first-order valence-electron chi connectivity index (χ1n) is 16.1. The minimum absolute atomic E-state index is 0.732. The van der Waals surface area contributed by atoms with Crippen LogP contribution in [0.3, 0.4) is 0 Å². The van der Waals surface area contributed by atoms with Gasteiger partial charge in [-0.15, -0.1) is 0 Å². The normalized spacial score (nSPS) is 13.6. The lowest BCUT2D eigenvalue weighted by molar-refractivity contribution is 0.988. The zero-order chi connectivity index (χ0) is 30.5. The minimum atomic E-state index is 0.732. The Balaban J connectivity index is 1.29. The molecule has 0 fully saturated rings. The van der Waals surface area contributed by atoms with Crippen molar-refractivity contribution >= 4 is 33.7 Å². The van der Waals surface area contributed by atoms with Gasteiger partial charge in [0.1, 0.15) is 0 Å². The summed E-state index contributed by atoms with van der Waals surface area (Å²) in [6.45, 7) is 0. The molecule has 0 saturated heterocycles. The van der Waals surface area contributed by atoms with Crippen molar-refractivity contribution in [2.75, 3.05) is 0 Å². The molecule has 0 bridgehead atoms. The maximum atomic E-state index is 5.32. The number of pyridine rings is 1. The van der Waals surface area contributed by atoms with Crippen molar-refractivity contribution in [1.82, 2.24) is 15.0 Å². The molecule has 46 heavy (non-hydrogen) atoms. The first-order valence-corrected chi connectivity index (χ1v) is 16.1. The van der Waals surface area contributed by atoms with Gasteiger partial charge < -0.3 is 0 Å². The fourth-order valence-corrected chi connectivity index (χ4v) is 7.22. The predicted octanol–water partition coefficient (Wildman–Crippen LogP) is 10.8. The van der Waals surface area contributed by atoms with E-state index in [-0.39, 0.29) is 0 Å². The van der Waals surface area contributed by atoms with Gasteiger partial charge in [0.2, 0.25) is 0 Å². The Kier molecular flexibility index (Phi) is 6.41. The second kappa shape index (κ2) is 11.0. The van der Waals surface area contributed by atoms with Gasteiger partial charge in [-0.05, 0) is 99.8 Å². The van der Waals surface area contributed by atoms with Gasteiger partial charge in [0.25, 0.3) is 0 Å². The fourth-order valence-electron chi connectivity index (χ4n) is 7.22. The number of benzene rings is 5. The molecule has 5 aromatic carbocycles. The average Bonchev–Trinajstić information content (AvgIpc) is 3.14. The van der Waals surface area contributed by atoms with Crippen molar-refractivity contribution in [3.05, 3.63) is 150 Å². The Morgan fingerprint density at radius 3 is 2.02 bits per heavy atom. The number of hydrogen-bond acceptors (Lipinski definition) is 3. The first-order chi connectivity index (χ1) is 22.8. The predicted molar refractivity (Wildman–Crippen MR) is 191 cm³/mol. The van der Waals surface area contributed by atoms with Crippen LogP contribution in [0.2, 0.25) is 0 Å². The Morgan fingerprint density at radius 2 is 1.20 bits per heavy atom. The topological polar surface area (TPSA) is 38.7 Å². The zero-order valence-corrected chi connectivity index (χ0v) is 25.4. The molecule has 0 amide bonds. The van der Waals surface area contributed by atoms with E-state index in [4.69, 9.17) is 9.97 Å². The van der Waals surface area contributed by atoms with E-state index < -0.39 is 0 Å². The quantitative estimate of drug-likeness (QED) is 0.205. The summed E-state index contributed by atoms with van der Waals surface area (Å²) in [7, 11) is 0. The minimum Gasteiger partial charge on any atom is -0.256 e. The number of aromatic nitrogens is 3. The van der Waals surface area contributed by atoms with E-state index >= 15 is 0 Å². The summed E-state index contributed by atoms with van der Waals surface area (Å²) in [5, 5.41) is 5.03. The highest BCUT2D eigenvalue weighted by molar-refractivity contribution is 6.03. The highest BCUT2D eigenvalue weighted by Crippen LogP contribution is 2.40. The third-order valence-corrected chi connectivity index (χ3v) is 9.47. The smallest absolute Gasteiger partial charge is 0.160 e. The summed E-state index contributed by atoms with van der Waals surface area (Å²) in [5.74, 6) is 0.732. The number of aryl methyl sites for hydroxylation is 1. The van der Waals surface area contributed by atoms with Crippen LogP contribution in [0.1, 0.15) is 35.1 Å². The van der Waals surface area contributed by atoms with E-state index in [2.05, 4.69) is 120 Å². The van der Waals surface area contributed by atoms with Crippen LogP contribution in [0, 0.1) is 0 Å². The van der Waals surface area contributed by atoms with Gasteiger partial charge in [0.15, 0.2) is 5.82 Å². The molecule has 2 aliphatic rings. The molecule has 0 aliphatic heterocycles. The van der Waals surface area contributed by atoms with Gasteiger partial charge >= 0.3 is 0 Å². The third kappa shape index (κ3) is 4.55. The fraction of sp³-hybridized carbons (Fsp3) is 0.0930. The second-order valence-corrected chi connectivity index (χ2v) is 12.2. The van der Waals surface area contributed by atoms with Crippen LogP contribution in [0.15, 0.2) is 128 Å². The molecule has 0 radical (unpaired) electrons. The van der Waals surface area contributed by atoms with E-state index in [1.807, 2.05) is 24.4 Å². The van der Waals surface area contributed by atoms with Crippen molar-refractivity contribution in [2.24, 2.45) is 0 Å². The molecule has 0 spiro atoms. The van der Waals surface area contributed by atoms with Gasteiger partial charge in [0.05, 0.1) is 17.1 Å².